The molecule has 5 rings (SSSR count). The van der Waals surface area contributed by atoms with Gasteiger partial charge in [-0.25, -0.2) is 27.0 Å². The fourth-order valence-electron chi connectivity index (χ4n) is 4.98. The van der Waals surface area contributed by atoms with Gasteiger partial charge in [-0.1, -0.05) is 6.07 Å². The smallest absolute Gasteiger partial charge is 0.419 e. The third-order valence-corrected chi connectivity index (χ3v) is 7.46. The van der Waals surface area contributed by atoms with Gasteiger partial charge in [-0.2, -0.15) is 23.5 Å². The number of alkyl halides is 5. The number of nitriles is 1. The quantitative estimate of drug-likeness (QED) is 0.213. The summed E-state index contributed by atoms with van der Waals surface area (Å²) >= 11 is 0. The topological polar surface area (TPSA) is 139 Å². The average Bonchev–Trinajstić information content (AvgIpc) is 3.68. The molecule has 2 aromatic heterocycles. The molecular weight excluding hydrogens is 679 g/mol. The molecule has 4 aromatic rings. The second kappa shape index (κ2) is 12.4. The van der Waals surface area contributed by atoms with Crippen molar-refractivity contribution in [1.82, 2.24) is 25.3 Å². The van der Waals surface area contributed by atoms with Gasteiger partial charge in [-0.15, -0.1) is 10.2 Å². The van der Waals surface area contributed by atoms with Gasteiger partial charge in [0.25, 0.3) is 11.8 Å². The van der Waals surface area contributed by atoms with Crippen LogP contribution in [0.5, 0.6) is 0 Å². The Bertz CT molecular complexity index is 2010. The summed E-state index contributed by atoms with van der Waals surface area (Å²) in [6.45, 7) is 6.78. The highest BCUT2D eigenvalue weighted by atomic mass is 19.4. The van der Waals surface area contributed by atoms with Gasteiger partial charge >= 0.3 is 12.3 Å². The number of benzene rings is 2. The number of fused-ring (bicyclic) bond motifs is 1. The Morgan fingerprint density at radius 2 is 1.78 bits per heavy atom. The average molecular weight is 708 g/mol. The van der Waals surface area contributed by atoms with E-state index in [1.807, 2.05) is 6.07 Å². The molecule has 18 heteroatoms. The number of hydrogen-bond acceptors (Lipinski definition) is 8. The van der Waals surface area contributed by atoms with E-state index in [1.54, 1.807) is 0 Å². The SMILES string of the molecule is CC(C)(C)OC(=O)N[C@@H]1CC(F)(F)c2cc(F)c(-c3nnc(C(C)(C)C#N)o3)cc2N(Cc2ccc(-n3cc(C(F)(F)F)cn3)c(F)c2)C1=O. The van der Waals surface area contributed by atoms with E-state index >= 15 is 17.6 Å². The summed E-state index contributed by atoms with van der Waals surface area (Å²) in [7, 11) is 0. The summed E-state index contributed by atoms with van der Waals surface area (Å²) in [6, 6.07) is 4.48. The van der Waals surface area contributed by atoms with E-state index in [2.05, 4.69) is 20.6 Å². The van der Waals surface area contributed by atoms with Gasteiger partial charge in [-0.3, -0.25) is 4.79 Å². The van der Waals surface area contributed by atoms with E-state index in [0.717, 1.165) is 23.1 Å². The zero-order valence-corrected chi connectivity index (χ0v) is 27.0. The van der Waals surface area contributed by atoms with Crippen molar-refractivity contribution in [3.8, 4) is 23.2 Å². The number of halogens is 7. The molecule has 1 aliphatic heterocycles. The van der Waals surface area contributed by atoms with E-state index in [-0.39, 0.29) is 17.1 Å². The fraction of sp³-hybridized carbons (Fsp3) is 0.375. The number of aromatic nitrogens is 4. The first-order chi connectivity index (χ1) is 23.1. The van der Waals surface area contributed by atoms with E-state index in [0.29, 0.717) is 23.1 Å². The summed E-state index contributed by atoms with van der Waals surface area (Å²) in [6.07, 6.45) is -6.19. The van der Waals surface area contributed by atoms with Crippen LogP contribution >= 0.6 is 0 Å². The van der Waals surface area contributed by atoms with Crippen LogP contribution < -0.4 is 10.2 Å². The van der Waals surface area contributed by atoms with Crippen LogP contribution in [0.1, 0.15) is 63.6 Å². The Labute approximate surface area is 279 Å². The summed E-state index contributed by atoms with van der Waals surface area (Å²) in [5.41, 5.74) is -5.96. The van der Waals surface area contributed by atoms with Crippen molar-refractivity contribution >= 4 is 17.7 Å². The molecule has 0 fully saturated rings. The van der Waals surface area contributed by atoms with Gasteiger partial charge in [0.2, 0.25) is 11.8 Å². The molecule has 11 nitrogen and oxygen atoms in total. The van der Waals surface area contributed by atoms with Crippen molar-refractivity contribution in [3.05, 3.63) is 76.9 Å². The molecule has 0 aliphatic carbocycles. The first-order valence-corrected chi connectivity index (χ1v) is 14.8. The highest BCUT2D eigenvalue weighted by Crippen LogP contribution is 2.45. The standard InChI is InChI=1S/C32H28F7N7O4/c1-29(2,3)50-28(48)42-22-11-31(35,36)19-10-20(33)18(25-43-44-27(49-25)30(4,5)15-40)9-24(19)45(26(22)47)13-16-6-7-23(21(34)8-16)46-14-17(12-41-46)32(37,38)39/h6-10,12,14,22H,11,13H2,1-5H3,(H,42,48)/t22-/m1/s1. The number of nitrogens with one attached hydrogen (secondary N) is 1. The molecule has 0 saturated carbocycles. The van der Waals surface area contributed by atoms with Crippen LogP contribution in [0, 0.1) is 23.0 Å². The Hall–Kier alpha value is -5.47. The molecule has 0 saturated heterocycles. The minimum absolute atomic E-state index is 0.0308. The lowest BCUT2D eigenvalue weighted by Gasteiger charge is -2.27. The van der Waals surface area contributed by atoms with Crippen LogP contribution in [0.4, 0.5) is 41.2 Å². The molecule has 2 amide bonds. The zero-order chi connectivity index (χ0) is 37.0. The molecule has 50 heavy (non-hydrogen) atoms. The third-order valence-electron chi connectivity index (χ3n) is 7.46. The van der Waals surface area contributed by atoms with Crippen molar-refractivity contribution in [2.24, 2.45) is 0 Å². The Morgan fingerprint density at radius 3 is 2.38 bits per heavy atom. The molecule has 0 unspecified atom stereocenters. The molecule has 0 radical (unpaired) electrons. The number of hydrogen-bond donors (Lipinski definition) is 1. The fourth-order valence-corrected chi connectivity index (χ4v) is 4.98. The van der Waals surface area contributed by atoms with Gasteiger partial charge in [-0.05, 0) is 64.4 Å². The normalized spacial score (nSPS) is 16.4. The number of amides is 2. The minimum Gasteiger partial charge on any atom is -0.444 e. The van der Waals surface area contributed by atoms with Crippen molar-refractivity contribution in [2.75, 3.05) is 4.90 Å². The number of carbonyl (C=O) groups excluding carboxylic acids is 2. The molecule has 1 N–H and O–H groups in total. The molecule has 1 aliphatic rings. The van der Waals surface area contributed by atoms with Gasteiger partial charge < -0.3 is 19.4 Å². The third kappa shape index (κ3) is 7.26. The van der Waals surface area contributed by atoms with Crippen LogP contribution in [-0.4, -0.2) is 43.6 Å². The lowest BCUT2D eigenvalue weighted by Crippen LogP contribution is -2.49. The number of nitrogens with zero attached hydrogens (tertiary/aromatic N) is 6. The van der Waals surface area contributed by atoms with Gasteiger partial charge in [0.05, 0.1) is 35.6 Å². The second-order valence-corrected chi connectivity index (χ2v) is 13.0. The molecule has 0 bridgehead atoms. The molecular formula is C32H28F7N7O4. The molecule has 3 heterocycles. The molecule has 1 atom stereocenters. The maximum Gasteiger partial charge on any atom is 0.419 e. The van der Waals surface area contributed by atoms with E-state index in [9.17, 15) is 28.0 Å². The summed E-state index contributed by atoms with van der Waals surface area (Å²) < 4.78 is 113. The van der Waals surface area contributed by atoms with Crippen molar-refractivity contribution in [3.63, 3.8) is 0 Å². The van der Waals surface area contributed by atoms with Crippen molar-refractivity contribution in [1.29, 1.82) is 5.26 Å². The Balaban J connectivity index is 1.60. The first-order valence-electron chi connectivity index (χ1n) is 14.8. The maximum atomic E-state index is 15.9. The van der Waals surface area contributed by atoms with Crippen molar-refractivity contribution < 1.29 is 49.5 Å². The van der Waals surface area contributed by atoms with Gasteiger partial charge in [0, 0.05) is 18.2 Å². The number of ether oxygens (including phenoxy) is 1. The van der Waals surface area contributed by atoms with E-state index in [4.69, 9.17) is 9.15 Å². The van der Waals surface area contributed by atoms with Crippen LogP contribution in [0.2, 0.25) is 0 Å². The minimum atomic E-state index is -4.74. The first kappa shape index (κ1) is 35.8. The van der Waals surface area contributed by atoms with Crippen LogP contribution in [0.25, 0.3) is 17.1 Å². The monoisotopic (exact) mass is 707 g/mol. The van der Waals surface area contributed by atoms with Crippen LogP contribution in [-0.2, 0) is 33.6 Å². The van der Waals surface area contributed by atoms with E-state index in [1.165, 1.54) is 40.7 Å². The summed E-state index contributed by atoms with van der Waals surface area (Å²) in [4.78, 5) is 27.4. The Morgan fingerprint density at radius 1 is 1.08 bits per heavy atom. The lowest BCUT2D eigenvalue weighted by atomic mass is 9.96. The maximum absolute atomic E-state index is 15.9. The number of rotatable bonds is 6. The lowest BCUT2D eigenvalue weighted by molar-refractivity contribution is -0.137. The highest BCUT2D eigenvalue weighted by Gasteiger charge is 2.47. The zero-order valence-electron chi connectivity index (χ0n) is 27.0. The largest absolute Gasteiger partial charge is 0.444 e. The Kier molecular flexibility index (Phi) is 8.92. The molecule has 2 aromatic carbocycles. The van der Waals surface area contributed by atoms with Crippen LogP contribution in [0.15, 0.2) is 47.1 Å². The van der Waals surface area contributed by atoms with Crippen molar-refractivity contribution in [2.45, 2.75) is 76.7 Å². The predicted octanol–water partition coefficient (Wildman–Crippen LogP) is 6.94. The van der Waals surface area contributed by atoms with Crippen LogP contribution in [0.3, 0.4) is 0 Å². The summed E-state index contributed by atoms with van der Waals surface area (Å²) in [5, 5.41) is 22.6. The van der Waals surface area contributed by atoms with E-state index < -0.39 is 94.0 Å². The molecule has 264 valence electrons. The number of anilines is 1. The number of carbonyl (C=O) groups is 2. The highest BCUT2D eigenvalue weighted by molar-refractivity contribution is 6.00. The van der Waals surface area contributed by atoms with Gasteiger partial charge in [0.15, 0.2) is 0 Å². The molecule has 0 spiro atoms. The summed E-state index contributed by atoms with van der Waals surface area (Å²) in [5.74, 6) is -8.08. The second-order valence-electron chi connectivity index (χ2n) is 13.0. The predicted molar refractivity (Wildman–Crippen MR) is 160 cm³/mol. The number of alkyl carbamates (subject to hydrolysis) is 1. The van der Waals surface area contributed by atoms with Gasteiger partial charge in [0.1, 0.15) is 34.4 Å².